The molecule has 0 bridgehead atoms. The van der Waals surface area contributed by atoms with E-state index in [1.165, 1.54) is 12.0 Å². The van der Waals surface area contributed by atoms with Crippen LogP contribution < -0.4 is 15.4 Å². The number of rotatable bonds is 8. The third-order valence-electron chi connectivity index (χ3n) is 3.93. The average Bonchev–Trinajstić information content (AvgIpc) is 2.76. The summed E-state index contributed by atoms with van der Waals surface area (Å²) in [5, 5.41) is 4.97. The fourth-order valence-electron chi connectivity index (χ4n) is 2.35. The van der Waals surface area contributed by atoms with Gasteiger partial charge in [0, 0.05) is 30.9 Å². The van der Waals surface area contributed by atoms with Gasteiger partial charge in [-0.1, -0.05) is 0 Å². The molecule has 0 radical (unpaired) electrons. The molecule has 2 aromatic carbocycles. The minimum absolute atomic E-state index is 0.154. The van der Waals surface area contributed by atoms with Gasteiger partial charge in [-0.3, -0.25) is 19.2 Å². The number of amides is 3. The third kappa shape index (κ3) is 6.62. The van der Waals surface area contributed by atoms with Gasteiger partial charge in [-0.2, -0.15) is 0 Å². The third-order valence-corrected chi connectivity index (χ3v) is 3.93. The lowest BCUT2D eigenvalue weighted by molar-refractivity contribution is -0.146. The molecule has 2 rings (SSSR count). The van der Waals surface area contributed by atoms with Gasteiger partial charge in [-0.25, -0.2) is 0 Å². The number of carbonyl (C=O) groups is 4. The first-order valence-electron chi connectivity index (χ1n) is 8.99. The van der Waals surface area contributed by atoms with Gasteiger partial charge < -0.3 is 25.0 Å². The quantitative estimate of drug-likeness (QED) is 0.631. The molecule has 0 heterocycles. The molecule has 0 aliphatic rings. The number of hydrogen-bond acceptors (Lipinski definition) is 6. The zero-order valence-electron chi connectivity index (χ0n) is 16.9. The molecule has 0 unspecified atom stereocenters. The van der Waals surface area contributed by atoms with Crippen LogP contribution in [0.15, 0.2) is 48.5 Å². The summed E-state index contributed by atoms with van der Waals surface area (Å²) < 4.78 is 9.85. The van der Waals surface area contributed by atoms with Gasteiger partial charge in [-0.05, 0) is 48.5 Å². The Hall–Kier alpha value is -3.88. The van der Waals surface area contributed by atoms with Crippen molar-refractivity contribution in [2.24, 2.45) is 0 Å². The molecule has 30 heavy (non-hydrogen) atoms. The number of esters is 1. The predicted octanol–water partition coefficient (Wildman–Crippen LogP) is 1.31. The Balaban J connectivity index is 1.74. The van der Waals surface area contributed by atoms with Crippen LogP contribution in [0.1, 0.15) is 20.7 Å². The van der Waals surface area contributed by atoms with Crippen LogP contribution in [-0.2, 0) is 14.3 Å². The normalized spacial score (nSPS) is 9.97. The number of methoxy groups -OCH3 is 1. The van der Waals surface area contributed by atoms with E-state index in [0.717, 1.165) is 0 Å². The second-order valence-electron chi connectivity index (χ2n) is 6.40. The fraction of sp³-hybridized carbons (Fsp3) is 0.238. The number of carbonyl (C=O) groups excluding carboxylic acids is 4. The number of anilines is 1. The lowest BCUT2D eigenvalue weighted by Crippen LogP contribution is -2.32. The van der Waals surface area contributed by atoms with Crippen molar-refractivity contribution in [1.82, 2.24) is 10.2 Å². The molecule has 0 aliphatic heterocycles. The number of benzene rings is 2. The van der Waals surface area contributed by atoms with Crippen LogP contribution in [0.4, 0.5) is 5.69 Å². The van der Waals surface area contributed by atoms with Gasteiger partial charge >= 0.3 is 5.97 Å². The van der Waals surface area contributed by atoms with Crippen molar-refractivity contribution in [3.8, 4) is 5.75 Å². The summed E-state index contributed by atoms with van der Waals surface area (Å²) in [6.45, 7) is -0.880. The molecule has 9 nitrogen and oxygen atoms in total. The highest BCUT2D eigenvalue weighted by atomic mass is 16.5. The van der Waals surface area contributed by atoms with E-state index >= 15 is 0 Å². The lowest BCUT2D eigenvalue weighted by atomic mass is 10.2. The Kier molecular flexibility index (Phi) is 7.92. The van der Waals surface area contributed by atoms with Gasteiger partial charge in [0.2, 0.25) is 0 Å². The molecule has 0 saturated heterocycles. The summed E-state index contributed by atoms with van der Waals surface area (Å²) >= 11 is 0. The first-order valence-corrected chi connectivity index (χ1v) is 8.99. The van der Waals surface area contributed by atoms with E-state index in [-0.39, 0.29) is 12.5 Å². The van der Waals surface area contributed by atoms with Crippen molar-refractivity contribution >= 4 is 29.4 Å². The van der Waals surface area contributed by atoms with Crippen LogP contribution in [0, 0.1) is 0 Å². The summed E-state index contributed by atoms with van der Waals surface area (Å²) in [7, 11) is 4.81. The zero-order chi connectivity index (χ0) is 22.1. The van der Waals surface area contributed by atoms with E-state index in [9.17, 15) is 19.2 Å². The van der Waals surface area contributed by atoms with E-state index < -0.39 is 24.4 Å². The highest BCUT2D eigenvalue weighted by Crippen LogP contribution is 2.12. The Morgan fingerprint density at radius 1 is 0.900 bits per heavy atom. The van der Waals surface area contributed by atoms with Crippen molar-refractivity contribution in [2.45, 2.75) is 0 Å². The number of nitrogens with zero attached hydrogens (tertiary/aromatic N) is 1. The smallest absolute Gasteiger partial charge is 0.325 e. The maximum atomic E-state index is 12.0. The Bertz CT molecular complexity index is 907. The molecular weight excluding hydrogens is 390 g/mol. The summed E-state index contributed by atoms with van der Waals surface area (Å²) in [6, 6.07) is 12.7. The minimum Gasteiger partial charge on any atom is -0.497 e. The molecule has 0 atom stereocenters. The maximum Gasteiger partial charge on any atom is 0.325 e. The van der Waals surface area contributed by atoms with Crippen LogP contribution in [0.25, 0.3) is 0 Å². The molecule has 158 valence electrons. The van der Waals surface area contributed by atoms with Gasteiger partial charge in [-0.15, -0.1) is 0 Å². The van der Waals surface area contributed by atoms with E-state index in [0.29, 0.717) is 22.6 Å². The van der Waals surface area contributed by atoms with E-state index in [4.69, 9.17) is 9.47 Å². The fourth-order valence-corrected chi connectivity index (χ4v) is 2.35. The predicted molar refractivity (Wildman–Crippen MR) is 109 cm³/mol. The second kappa shape index (κ2) is 10.6. The van der Waals surface area contributed by atoms with Gasteiger partial charge in [0.15, 0.2) is 6.61 Å². The summed E-state index contributed by atoms with van der Waals surface area (Å²) in [4.78, 5) is 48.9. The standard InChI is InChI=1S/C21H23N3O6/c1-24(2)21(28)15-4-8-16(9-5-15)23-18(25)13-30-19(26)12-22-20(27)14-6-10-17(29-3)11-7-14/h4-11H,12-13H2,1-3H3,(H,22,27)(H,23,25). The molecule has 3 amide bonds. The first-order chi connectivity index (χ1) is 14.3. The van der Waals surface area contributed by atoms with Gasteiger partial charge in [0.25, 0.3) is 17.7 Å². The minimum atomic E-state index is -0.751. The molecule has 0 aromatic heterocycles. The molecule has 0 fully saturated rings. The molecule has 0 aliphatic carbocycles. The lowest BCUT2D eigenvalue weighted by Gasteiger charge is -2.11. The SMILES string of the molecule is COc1ccc(C(=O)NCC(=O)OCC(=O)Nc2ccc(C(=O)N(C)C)cc2)cc1. The van der Waals surface area contributed by atoms with Gasteiger partial charge in [0.1, 0.15) is 12.3 Å². The summed E-state index contributed by atoms with van der Waals surface area (Å²) in [5.41, 5.74) is 1.30. The number of hydrogen-bond donors (Lipinski definition) is 2. The highest BCUT2D eigenvalue weighted by molar-refractivity contribution is 5.97. The first kappa shape index (κ1) is 22.4. The van der Waals surface area contributed by atoms with Crippen LogP contribution in [0.3, 0.4) is 0 Å². The average molecular weight is 413 g/mol. The topological polar surface area (TPSA) is 114 Å². The van der Waals surface area contributed by atoms with Crippen molar-refractivity contribution in [1.29, 1.82) is 0 Å². The number of nitrogens with one attached hydrogen (secondary N) is 2. The second-order valence-corrected chi connectivity index (χ2v) is 6.40. The van der Waals surface area contributed by atoms with Crippen LogP contribution in [0.2, 0.25) is 0 Å². The largest absolute Gasteiger partial charge is 0.497 e. The van der Waals surface area contributed by atoms with Crippen LogP contribution in [0.5, 0.6) is 5.75 Å². The van der Waals surface area contributed by atoms with Crippen molar-refractivity contribution in [3.05, 3.63) is 59.7 Å². The van der Waals surface area contributed by atoms with E-state index in [2.05, 4.69) is 10.6 Å². The van der Waals surface area contributed by atoms with E-state index in [1.54, 1.807) is 62.6 Å². The molecule has 9 heteroatoms. The zero-order valence-corrected chi connectivity index (χ0v) is 16.9. The number of ether oxygens (including phenoxy) is 2. The maximum absolute atomic E-state index is 12.0. The highest BCUT2D eigenvalue weighted by Gasteiger charge is 2.12. The molecule has 0 spiro atoms. The van der Waals surface area contributed by atoms with E-state index in [1.807, 2.05) is 0 Å². The molecule has 2 N–H and O–H groups in total. The van der Waals surface area contributed by atoms with Gasteiger partial charge in [0.05, 0.1) is 7.11 Å². The Morgan fingerprint density at radius 2 is 1.50 bits per heavy atom. The van der Waals surface area contributed by atoms with Crippen LogP contribution in [-0.4, -0.2) is 62.9 Å². The van der Waals surface area contributed by atoms with Crippen molar-refractivity contribution in [3.63, 3.8) is 0 Å². The summed E-state index contributed by atoms with van der Waals surface area (Å²) in [6.07, 6.45) is 0. The van der Waals surface area contributed by atoms with Crippen molar-refractivity contribution in [2.75, 3.05) is 39.7 Å². The Morgan fingerprint density at radius 3 is 2.07 bits per heavy atom. The van der Waals surface area contributed by atoms with Crippen LogP contribution >= 0.6 is 0 Å². The summed E-state index contributed by atoms with van der Waals surface area (Å²) in [5.74, 6) is -1.30. The molecular formula is C21H23N3O6. The monoisotopic (exact) mass is 413 g/mol. The Labute approximate surface area is 174 Å². The molecule has 2 aromatic rings. The van der Waals surface area contributed by atoms with Crippen molar-refractivity contribution < 1.29 is 28.7 Å². The molecule has 0 saturated carbocycles.